The molecule has 0 spiro atoms. The molecule has 0 bridgehead atoms. The molecular weight excluding hydrogens is 246 g/mol. The Bertz CT molecular complexity index is 564. The second kappa shape index (κ2) is 6.02. The van der Waals surface area contributed by atoms with Crippen molar-refractivity contribution in [3.63, 3.8) is 0 Å². The van der Waals surface area contributed by atoms with Crippen molar-refractivity contribution >= 4 is 5.78 Å². The van der Waals surface area contributed by atoms with Gasteiger partial charge in [-0.3, -0.25) is 9.69 Å². The van der Waals surface area contributed by atoms with Gasteiger partial charge in [-0.2, -0.15) is 0 Å². The monoisotopic (exact) mass is 265 g/mol. The maximum atomic E-state index is 12.4. The minimum Gasteiger partial charge on any atom is -0.298 e. The lowest BCUT2D eigenvalue weighted by Gasteiger charge is -2.31. The molecule has 0 radical (unpaired) electrons. The Labute approximate surface area is 120 Å². The third-order valence-electron chi connectivity index (χ3n) is 3.95. The first-order chi connectivity index (χ1) is 9.83. The molecule has 1 atom stereocenters. The number of nitrogens with zero attached hydrogens (tertiary/aromatic N) is 1. The summed E-state index contributed by atoms with van der Waals surface area (Å²) in [6.45, 7) is 2.42. The van der Waals surface area contributed by atoms with Crippen molar-refractivity contribution in [2.24, 2.45) is 0 Å². The molecule has 0 aromatic heterocycles. The van der Waals surface area contributed by atoms with Crippen LogP contribution in [0.3, 0.4) is 0 Å². The van der Waals surface area contributed by atoms with Crippen molar-refractivity contribution in [3.8, 4) is 0 Å². The number of hydrogen-bond acceptors (Lipinski definition) is 2. The highest BCUT2D eigenvalue weighted by Gasteiger charge is 2.27. The molecule has 1 heterocycles. The zero-order valence-electron chi connectivity index (χ0n) is 11.5. The maximum absolute atomic E-state index is 12.4. The number of benzene rings is 2. The first kappa shape index (κ1) is 13.1. The van der Waals surface area contributed by atoms with Gasteiger partial charge in [-0.25, -0.2) is 0 Å². The van der Waals surface area contributed by atoms with Crippen molar-refractivity contribution in [2.45, 2.75) is 18.9 Å². The van der Waals surface area contributed by atoms with Gasteiger partial charge >= 0.3 is 0 Å². The lowest BCUT2D eigenvalue weighted by atomic mass is 9.88. The molecule has 1 saturated heterocycles. The second-order valence-electron chi connectivity index (χ2n) is 5.41. The van der Waals surface area contributed by atoms with Crippen LogP contribution in [0.25, 0.3) is 0 Å². The molecule has 0 aliphatic carbocycles. The molecule has 3 rings (SSSR count). The summed E-state index contributed by atoms with van der Waals surface area (Å²) in [7, 11) is 0. The van der Waals surface area contributed by atoms with Crippen LogP contribution in [0.5, 0.6) is 0 Å². The summed E-state index contributed by atoms with van der Waals surface area (Å²) in [6.07, 6.45) is 0.926. The van der Waals surface area contributed by atoms with E-state index < -0.39 is 0 Å². The van der Waals surface area contributed by atoms with Gasteiger partial charge in [0, 0.05) is 12.5 Å². The Morgan fingerprint density at radius 2 is 1.60 bits per heavy atom. The van der Waals surface area contributed by atoms with Crippen molar-refractivity contribution in [3.05, 3.63) is 71.8 Å². The molecule has 1 aliphatic heterocycles. The Kier molecular flexibility index (Phi) is 3.93. The summed E-state index contributed by atoms with van der Waals surface area (Å²) >= 11 is 0. The molecule has 2 heteroatoms. The van der Waals surface area contributed by atoms with Gasteiger partial charge in [-0.1, -0.05) is 60.7 Å². The zero-order valence-corrected chi connectivity index (χ0v) is 11.5. The number of ketones is 1. The Hall–Kier alpha value is -1.93. The van der Waals surface area contributed by atoms with Gasteiger partial charge in [-0.05, 0) is 24.1 Å². The maximum Gasteiger partial charge on any atom is 0.154 e. The van der Waals surface area contributed by atoms with Crippen LogP contribution in [-0.4, -0.2) is 23.8 Å². The summed E-state index contributed by atoms with van der Waals surface area (Å²) in [4.78, 5) is 14.6. The van der Waals surface area contributed by atoms with E-state index in [4.69, 9.17) is 0 Å². The van der Waals surface area contributed by atoms with Crippen molar-refractivity contribution in [1.29, 1.82) is 0 Å². The van der Waals surface area contributed by atoms with Gasteiger partial charge in [0.15, 0.2) is 5.78 Å². The molecule has 0 saturated carbocycles. The first-order valence-electron chi connectivity index (χ1n) is 7.17. The van der Waals surface area contributed by atoms with E-state index in [0.717, 1.165) is 25.1 Å². The predicted octanol–water partition coefficient (Wildman–Crippen LogP) is 3.25. The lowest BCUT2D eigenvalue weighted by Crippen LogP contribution is -2.39. The van der Waals surface area contributed by atoms with E-state index in [-0.39, 0.29) is 5.92 Å². The third-order valence-corrected chi connectivity index (χ3v) is 3.95. The fourth-order valence-electron chi connectivity index (χ4n) is 2.90. The van der Waals surface area contributed by atoms with Gasteiger partial charge in [0.2, 0.25) is 0 Å². The van der Waals surface area contributed by atoms with E-state index in [9.17, 15) is 4.79 Å². The van der Waals surface area contributed by atoms with Crippen LogP contribution in [0, 0.1) is 0 Å². The quantitative estimate of drug-likeness (QED) is 0.849. The average Bonchev–Trinajstić information content (AvgIpc) is 2.49. The molecule has 2 nitrogen and oxygen atoms in total. The SMILES string of the molecule is O=C1CN(Cc2ccccc2)CC[C@@H]1c1ccccc1. The van der Waals surface area contributed by atoms with Gasteiger partial charge in [0.05, 0.1) is 6.54 Å². The summed E-state index contributed by atoms with van der Waals surface area (Å²) in [5.41, 5.74) is 2.44. The van der Waals surface area contributed by atoms with E-state index in [0.29, 0.717) is 12.3 Å². The molecular formula is C18H19NO. The molecule has 0 amide bonds. The van der Waals surface area contributed by atoms with Crippen LogP contribution in [0.4, 0.5) is 0 Å². The number of carbonyl (C=O) groups is 1. The molecule has 1 aliphatic rings. The normalized spacial score (nSPS) is 20.0. The Morgan fingerprint density at radius 3 is 2.25 bits per heavy atom. The summed E-state index contributed by atoms with van der Waals surface area (Å²) in [5.74, 6) is 0.432. The standard InChI is InChI=1S/C18H19NO/c20-18-14-19(13-15-7-3-1-4-8-15)12-11-17(18)16-9-5-2-6-10-16/h1-10,17H,11-14H2/t17-/m1/s1. The molecule has 2 aromatic rings. The number of likely N-dealkylation sites (tertiary alicyclic amines) is 1. The fourth-order valence-corrected chi connectivity index (χ4v) is 2.90. The highest BCUT2D eigenvalue weighted by atomic mass is 16.1. The minimum absolute atomic E-state index is 0.0863. The smallest absolute Gasteiger partial charge is 0.154 e. The van der Waals surface area contributed by atoms with E-state index >= 15 is 0 Å². The van der Waals surface area contributed by atoms with Crippen LogP contribution < -0.4 is 0 Å². The van der Waals surface area contributed by atoms with E-state index in [1.807, 2.05) is 36.4 Å². The number of piperidine rings is 1. The third kappa shape index (κ3) is 2.97. The number of rotatable bonds is 3. The summed E-state index contributed by atoms with van der Waals surface area (Å²) in [5, 5.41) is 0. The Balaban J connectivity index is 1.64. The van der Waals surface area contributed by atoms with E-state index in [1.165, 1.54) is 5.56 Å². The van der Waals surface area contributed by atoms with Crippen molar-refractivity contribution < 1.29 is 4.79 Å². The van der Waals surface area contributed by atoms with Crippen LogP contribution >= 0.6 is 0 Å². The molecule has 0 unspecified atom stereocenters. The summed E-state index contributed by atoms with van der Waals surface area (Å²) < 4.78 is 0. The highest BCUT2D eigenvalue weighted by Crippen LogP contribution is 2.25. The Morgan fingerprint density at radius 1 is 0.950 bits per heavy atom. The average molecular weight is 265 g/mol. The van der Waals surface area contributed by atoms with E-state index in [2.05, 4.69) is 29.2 Å². The minimum atomic E-state index is 0.0863. The molecule has 1 fully saturated rings. The van der Waals surface area contributed by atoms with Crippen LogP contribution in [0.15, 0.2) is 60.7 Å². The fraction of sp³-hybridized carbons (Fsp3) is 0.278. The van der Waals surface area contributed by atoms with Crippen molar-refractivity contribution in [1.82, 2.24) is 4.90 Å². The van der Waals surface area contributed by atoms with Crippen LogP contribution in [0.2, 0.25) is 0 Å². The first-order valence-corrected chi connectivity index (χ1v) is 7.17. The van der Waals surface area contributed by atoms with Gasteiger partial charge < -0.3 is 0 Å². The van der Waals surface area contributed by atoms with Gasteiger partial charge in [-0.15, -0.1) is 0 Å². The second-order valence-corrected chi connectivity index (χ2v) is 5.41. The largest absolute Gasteiger partial charge is 0.298 e. The van der Waals surface area contributed by atoms with Gasteiger partial charge in [0.25, 0.3) is 0 Å². The lowest BCUT2D eigenvalue weighted by molar-refractivity contribution is -0.124. The molecule has 0 N–H and O–H groups in total. The van der Waals surface area contributed by atoms with Crippen molar-refractivity contribution in [2.75, 3.05) is 13.1 Å². The number of hydrogen-bond donors (Lipinski definition) is 0. The highest BCUT2D eigenvalue weighted by molar-refractivity contribution is 5.88. The molecule has 20 heavy (non-hydrogen) atoms. The van der Waals surface area contributed by atoms with Crippen LogP contribution in [-0.2, 0) is 11.3 Å². The number of carbonyl (C=O) groups excluding carboxylic acids is 1. The van der Waals surface area contributed by atoms with Crippen LogP contribution in [0.1, 0.15) is 23.5 Å². The molecule has 102 valence electrons. The van der Waals surface area contributed by atoms with E-state index in [1.54, 1.807) is 0 Å². The van der Waals surface area contributed by atoms with Gasteiger partial charge in [0.1, 0.15) is 0 Å². The molecule has 2 aromatic carbocycles. The zero-order chi connectivity index (χ0) is 13.8. The topological polar surface area (TPSA) is 20.3 Å². The predicted molar refractivity (Wildman–Crippen MR) is 80.5 cm³/mol. The summed E-state index contributed by atoms with van der Waals surface area (Å²) in [6, 6.07) is 20.5. The number of Topliss-reactive ketones (excluding diaryl/α,β-unsaturated/α-hetero) is 1.